The van der Waals surface area contributed by atoms with E-state index in [1.807, 2.05) is 11.5 Å². The molecule has 2 rings (SSSR count). The molecule has 0 saturated carbocycles. The van der Waals surface area contributed by atoms with E-state index in [0.29, 0.717) is 21.5 Å². The summed E-state index contributed by atoms with van der Waals surface area (Å²) in [5.41, 5.74) is 7.18. The number of hydrogen-bond donors (Lipinski definition) is 1. The average molecular weight is 340 g/mol. The molecular formula is C15H19BrFN3. The normalized spacial score (nSPS) is 11.0. The van der Waals surface area contributed by atoms with Crippen molar-refractivity contribution >= 4 is 21.7 Å². The number of nitrogens with two attached hydrogens (primary N) is 1. The highest BCUT2D eigenvalue weighted by Gasteiger charge is 2.17. The Morgan fingerprint density at radius 1 is 1.35 bits per heavy atom. The molecule has 0 atom stereocenters. The Morgan fingerprint density at radius 3 is 2.70 bits per heavy atom. The largest absolute Gasteiger partial charge is 0.383 e. The Bertz CT molecular complexity index is 607. The summed E-state index contributed by atoms with van der Waals surface area (Å²) in [5, 5.41) is 0. The number of nitrogen functional groups attached to an aromatic ring is 1. The summed E-state index contributed by atoms with van der Waals surface area (Å²) in [4.78, 5) is 4.52. The van der Waals surface area contributed by atoms with Crippen molar-refractivity contribution < 1.29 is 4.39 Å². The highest BCUT2D eigenvalue weighted by Crippen LogP contribution is 2.30. The maximum atomic E-state index is 14.1. The predicted octanol–water partition coefficient (Wildman–Crippen LogP) is 4.40. The third-order valence-electron chi connectivity index (χ3n) is 3.32. The van der Waals surface area contributed by atoms with Crippen LogP contribution in [0.3, 0.4) is 0 Å². The van der Waals surface area contributed by atoms with E-state index in [0.717, 1.165) is 31.6 Å². The van der Waals surface area contributed by atoms with Crippen LogP contribution < -0.4 is 5.73 Å². The maximum Gasteiger partial charge on any atom is 0.133 e. The van der Waals surface area contributed by atoms with Crippen molar-refractivity contribution in [3.05, 3.63) is 34.3 Å². The molecule has 0 unspecified atom stereocenters. The topological polar surface area (TPSA) is 43.8 Å². The number of rotatable bonds is 5. The zero-order valence-electron chi connectivity index (χ0n) is 11.8. The zero-order valence-corrected chi connectivity index (χ0v) is 13.4. The molecule has 0 amide bonds. The molecule has 0 bridgehead atoms. The van der Waals surface area contributed by atoms with Crippen LogP contribution in [-0.2, 0) is 13.0 Å². The molecule has 1 aromatic heterocycles. The fraction of sp³-hybridized carbons (Fsp3) is 0.400. The molecule has 0 aliphatic carbocycles. The fourth-order valence-electron chi connectivity index (χ4n) is 2.23. The fourth-order valence-corrected chi connectivity index (χ4v) is 2.56. The van der Waals surface area contributed by atoms with Crippen molar-refractivity contribution in [2.45, 2.75) is 39.7 Å². The first-order chi connectivity index (χ1) is 9.58. The number of halogens is 2. The number of nitrogens with zero attached hydrogens (tertiary/aromatic N) is 2. The molecule has 0 saturated heterocycles. The molecule has 2 aromatic rings. The summed E-state index contributed by atoms with van der Waals surface area (Å²) >= 11 is 3.26. The minimum Gasteiger partial charge on any atom is -0.383 e. The lowest BCUT2D eigenvalue weighted by atomic mass is 10.1. The van der Waals surface area contributed by atoms with Crippen molar-refractivity contribution in [3.63, 3.8) is 0 Å². The van der Waals surface area contributed by atoms with Crippen LogP contribution in [0.5, 0.6) is 0 Å². The Kier molecular flexibility index (Phi) is 4.81. The maximum absolute atomic E-state index is 14.1. The number of unbranched alkanes of at least 4 members (excludes halogenated alkanes) is 1. The van der Waals surface area contributed by atoms with Gasteiger partial charge in [-0.1, -0.05) is 36.2 Å². The number of aromatic nitrogens is 2. The Labute approximate surface area is 127 Å². The quantitative estimate of drug-likeness (QED) is 0.877. The lowest BCUT2D eigenvalue weighted by Gasteiger charge is -2.08. The summed E-state index contributed by atoms with van der Waals surface area (Å²) in [6, 6.07) is 4.95. The molecule has 1 heterocycles. The third-order valence-corrected chi connectivity index (χ3v) is 3.82. The summed E-state index contributed by atoms with van der Waals surface area (Å²) in [5.74, 6) is 1.15. The second-order valence-electron chi connectivity index (χ2n) is 4.74. The minimum atomic E-state index is -0.311. The first-order valence-electron chi connectivity index (χ1n) is 6.88. The minimum absolute atomic E-state index is 0.311. The van der Waals surface area contributed by atoms with E-state index in [1.165, 1.54) is 6.07 Å². The van der Waals surface area contributed by atoms with Crippen LogP contribution in [0, 0.1) is 5.82 Å². The van der Waals surface area contributed by atoms with E-state index in [4.69, 9.17) is 5.73 Å². The Morgan fingerprint density at radius 2 is 2.10 bits per heavy atom. The van der Waals surface area contributed by atoms with Crippen LogP contribution in [0.25, 0.3) is 11.3 Å². The molecule has 0 aliphatic heterocycles. The summed E-state index contributed by atoms with van der Waals surface area (Å²) in [6.07, 6.45) is 2.91. The van der Waals surface area contributed by atoms with Gasteiger partial charge in [0, 0.05) is 23.0 Å². The van der Waals surface area contributed by atoms with Crippen molar-refractivity contribution in [3.8, 4) is 11.3 Å². The summed E-state index contributed by atoms with van der Waals surface area (Å²) in [7, 11) is 0. The van der Waals surface area contributed by atoms with Crippen molar-refractivity contribution in [2.75, 3.05) is 5.73 Å². The van der Waals surface area contributed by atoms with E-state index >= 15 is 0 Å². The molecule has 0 radical (unpaired) electrons. The summed E-state index contributed by atoms with van der Waals surface area (Å²) in [6.45, 7) is 5.00. The van der Waals surface area contributed by atoms with Gasteiger partial charge in [-0.25, -0.2) is 9.37 Å². The summed E-state index contributed by atoms with van der Waals surface area (Å²) < 4.78 is 16.8. The van der Waals surface area contributed by atoms with Crippen LogP contribution in [-0.4, -0.2) is 9.55 Å². The second-order valence-corrected chi connectivity index (χ2v) is 5.66. The van der Waals surface area contributed by atoms with E-state index in [1.54, 1.807) is 12.1 Å². The number of anilines is 1. The van der Waals surface area contributed by atoms with Gasteiger partial charge in [0.2, 0.25) is 0 Å². The van der Waals surface area contributed by atoms with Crippen LogP contribution in [0.15, 0.2) is 22.7 Å². The van der Waals surface area contributed by atoms with Gasteiger partial charge in [-0.2, -0.15) is 0 Å². The van der Waals surface area contributed by atoms with Gasteiger partial charge in [-0.15, -0.1) is 0 Å². The molecule has 5 heteroatoms. The van der Waals surface area contributed by atoms with Gasteiger partial charge in [0.1, 0.15) is 23.2 Å². The molecule has 2 N–H and O–H groups in total. The number of imidazole rings is 1. The van der Waals surface area contributed by atoms with Gasteiger partial charge in [0.15, 0.2) is 0 Å². The van der Waals surface area contributed by atoms with E-state index in [9.17, 15) is 4.39 Å². The smallest absolute Gasteiger partial charge is 0.133 e. The van der Waals surface area contributed by atoms with Crippen LogP contribution in [0.2, 0.25) is 0 Å². The molecule has 20 heavy (non-hydrogen) atoms. The van der Waals surface area contributed by atoms with Crippen molar-refractivity contribution in [1.82, 2.24) is 9.55 Å². The highest BCUT2D eigenvalue weighted by molar-refractivity contribution is 9.10. The van der Waals surface area contributed by atoms with Crippen LogP contribution in [0.4, 0.5) is 10.2 Å². The number of benzene rings is 1. The van der Waals surface area contributed by atoms with Gasteiger partial charge in [0.25, 0.3) is 0 Å². The van der Waals surface area contributed by atoms with Gasteiger partial charge >= 0.3 is 0 Å². The van der Waals surface area contributed by atoms with Gasteiger partial charge in [-0.05, 0) is 24.6 Å². The van der Waals surface area contributed by atoms with Gasteiger partial charge in [0.05, 0.1) is 0 Å². The molecule has 0 fully saturated rings. The first-order valence-corrected chi connectivity index (χ1v) is 7.68. The highest BCUT2D eigenvalue weighted by atomic mass is 79.9. The van der Waals surface area contributed by atoms with Gasteiger partial charge < -0.3 is 10.3 Å². The average Bonchev–Trinajstić information content (AvgIpc) is 2.73. The molecule has 3 nitrogen and oxygen atoms in total. The molecule has 0 aliphatic rings. The van der Waals surface area contributed by atoms with Gasteiger partial charge in [-0.3, -0.25) is 0 Å². The van der Waals surface area contributed by atoms with E-state index in [2.05, 4.69) is 27.8 Å². The van der Waals surface area contributed by atoms with Crippen molar-refractivity contribution in [1.29, 1.82) is 0 Å². The van der Waals surface area contributed by atoms with E-state index in [-0.39, 0.29) is 5.82 Å². The lowest BCUT2D eigenvalue weighted by molar-refractivity contribution is 0.612. The third kappa shape index (κ3) is 2.87. The molecule has 0 spiro atoms. The predicted molar refractivity (Wildman–Crippen MR) is 84.0 cm³/mol. The van der Waals surface area contributed by atoms with E-state index < -0.39 is 0 Å². The number of hydrogen-bond acceptors (Lipinski definition) is 2. The number of aryl methyl sites for hydroxylation is 1. The molecule has 108 valence electrons. The standard InChI is InChI=1S/C15H19BrFN3/c1-3-5-8-20-13(4-2)19-14(15(20)18)11-7-6-10(16)9-12(11)17/h6-7,9H,3-5,8,18H2,1-2H3. The molecular weight excluding hydrogens is 321 g/mol. The Hall–Kier alpha value is -1.36. The molecule has 1 aromatic carbocycles. The first kappa shape index (κ1) is 15.0. The van der Waals surface area contributed by atoms with Crippen molar-refractivity contribution in [2.24, 2.45) is 0 Å². The monoisotopic (exact) mass is 339 g/mol. The Balaban J connectivity index is 2.49. The zero-order chi connectivity index (χ0) is 14.7. The lowest BCUT2D eigenvalue weighted by Crippen LogP contribution is -2.06. The second kappa shape index (κ2) is 6.39. The van der Waals surface area contributed by atoms with Crippen LogP contribution in [0.1, 0.15) is 32.5 Å². The SMILES string of the molecule is CCCCn1c(CC)nc(-c2ccc(Br)cc2F)c1N. The van der Waals surface area contributed by atoms with Crippen LogP contribution >= 0.6 is 15.9 Å².